The van der Waals surface area contributed by atoms with Crippen LogP contribution in [0.25, 0.3) is 0 Å². The van der Waals surface area contributed by atoms with Crippen LogP contribution in [0.3, 0.4) is 0 Å². The Labute approximate surface area is 138 Å². The summed E-state index contributed by atoms with van der Waals surface area (Å²) in [6.45, 7) is 0. The summed E-state index contributed by atoms with van der Waals surface area (Å²) in [7, 11) is 1.55. The Hall–Kier alpha value is -2.34. The molecule has 0 aliphatic heterocycles. The first kappa shape index (κ1) is 17.0. The number of amides is 2. The fourth-order valence-electron chi connectivity index (χ4n) is 1.95. The van der Waals surface area contributed by atoms with Crippen molar-refractivity contribution in [3.8, 4) is 0 Å². The number of carbonyl (C=O) groups is 2. The van der Waals surface area contributed by atoms with Gasteiger partial charge in [-0.3, -0.25) is 9.59 Å². The van der Waals surface area contributed by atoms with Gasteiger partial charge in [-0.2, -0.15) is 0 Å². The number of halogens is 1. The number of benzene rings is 2. The van der Waals surface area contributed by atoms with Gasteiger partial charge in [0.25, 0.3) is 5.91 Å². The molecule has 120 valence electrons. The lowest BCUT2D eigenvalue weighted by molar-refractivity contribution is -0.113. The smallest absolute Gasteiger partial charge is 0.251 e. The molecule has 0 unspecified atom stereocenters. The van der Waals surface area contributed by atoms with Crippen molar-refractivity contribution in [3.05, 3.63) is 65.5 Å². The molecule has 4 nitrogen and oxygen atoms in total. The van der Waals surface area contributed by atoms with Crippen molar-refractivity contribution in [1.29, 1.82) is 0 Å². The second-order valence-electron chi connectivity index (χ2n) is 4.79. The first-order valence-corrected chi connectivity index (χ1v) is 8.19. The van der Waals surface area contributed by atoms with E-state index < -0.39 is 0 Å². The van der Waals surface area contributed by atoms with Crippen LogP contribution in [0.5, 0.6) is 0 Å². The molecule has 2 aromatic rings. The van der Waals surface area contributed by atoms with E-state index in [4.69, 9.17) is 0 Å². The molecular weight excluding hydrogens is 315 g/mol. The number of anilines is 1. The molecule has 0 atom stereocenters. The van der Waals surface area contributed by atoms with Gasteiger partial charge < -0.3 is 10.6 Å². The first-order chi connectivity index (χ1) is 11.1. The normalized spacial score (nSPS) is 10.2. The second-order valence-corrected chi connectivity index (χ2v) is 5.78. The van der Waals surface area contributed by atoms with Gasteiger partial charge in [-0.25, -0.2) is 4.39 Å². The van der Waals surface area contributed by atoms with Crippen LogP contribution in [0, 0.1) is 5.82 Å². The largest absolute Gasteiger partial charge is 0.355 e. The van der Waals surface area contributed by atoms with Crippen molar-refractivity contribution in [2.75, 3.05) is 18.1 Å². The van der Waals surface area contributed by atoms with Crippen molar-refractivity contribution in [3.63, 3.8) is 0 Å². The van der Waals surface area contributed by atoms with Crippen molar-refractivity contribution in [1.82, 2.24) is 5.32 Å². The molecule has 0 heterocycles. The molecule has 23 heavy (non-hydrogen) atoms. The Balaban J connectivity index is 1.85. The van der Waals surface area contributed by atoms with Crippen molar-refractivity contribution in [2.45, 2.75) is 5.75 Å². The molecule has 0 saturated carbocycles. The topological polar surface area (TPSA) is 58.2 Å². The molecule has 0 radical (unpaired) electrons. The van der Waals surface area contributed by atoms with Crippen LogP contribution >= 0.6 is 11.8 Å². The summed E-state index contributed by atoms with van der Waals surface area (Å²) in [5.41, 5.74) is 1.61. The van der Waals surface area contributed by atoms with Crippen LogP contribution in [-0.2, 0) is 10.5 Å². The fraction of sp³-hybridized carbons (Fsp3) is 0.176. The third kappa shape index (κ3) is 5.10. The van der Waals surface area contributed by atoms with Gasteiger partial charge in [-0.05, 0) is 29.8 Å². The third-order valence-electron chi connectivity index (χ3n) is 3.08. The van der Waals surface area contributed by atoms with Gasteiger partial charge in [0.15, 0.2) is 0 Å². The van der Waals surface area contributed by atoms with Crippen LogP contribution in [0.4, 0.5) is 10.1 Å². The Kier molecular flexibility index (Phi) is 6.17. The highest BCUT2D eigenvalue weighted by Gasteiger charge is 2.07. The maximum Gasteiger partial charge on any atom is 0.251 e. The Morgan fingerprint density at radius 3 is 2.65 bits per heavy atom. The maximum absolute atomic E-state index is 13.5. The minimum atomic E-state index is -0.265. The summed E-state index contributed by atoms with van der Waals surface area (Å²) in [4.78, 5) is 23.5. The molecule has 0 aliphatic rings. The molecule has 6 heteroatoms. The molecule has 0 bridgehead atoms. The van der Waals surface area contributed by atoms with E-state index in [0.717, 1.165) is 0 Å². The summed E-state index contributed by atoms with van der Waals surface area (Å²) in [5, 5.41) is 5.26. The lowest BCUT2D eigenvalue weighted by Crippen LogP contribution is -2.19. The molecule has 0 aromatic heterocycles. The summed E-state index contributed by atoms with van der Waals surface area (Å²) in [5.74, 6) is -0.0363. The highest BCUT2D eigenvalue weighted by Crippen LogP contribution is 2.16. The fourth-order valence-corrected chi connectivity index (χ4v) is 2.76. The van der Waals surface area contributed by atoms with E-state index in [1.54, 1.807) is 49.5 Å². The van der Waals surface area contributed by atoms with E-state index in [2.05, 4.69) is 10.6 Å². The summed E-state index contributed by atoms with van der Waals surface area (Å²) in [6, 6.07) is 13.2. The summed E-state index contributed by atoms with van der Waals surface area (Å²) >= 11 is 1.33. The summed E-state index contributed by atoms with van der Waals surface area (Å²) < 4.78 is 13.5. The van der Waals surface area contributed by atoms with Gasteiger partial charge >= 0.3 is 0 Å². The van der Waals surface area contributed by atoms with E-state index in [-0.39, 0.29) is 23.4 Å². The van der Waals surface area contributed by atoms with Gasteiger partial charge in [-0.15, -0.1) is 11.8 Å². The molecular formula is C17H17FN2O2S. The minimum absolute atomic E-state index is 0.194. The number of rotatable bonds is 6. The average Bonchev–Trinajstić information content (AvgIpc) is 2.56. The predicted molar refractivity (Wildman–Crippen MR) is 91.0 cm³/mol. The van der Waals surface area contributed by atoms with Crippen LogP contribution in [-0.4, -0.2) is 24.6 Å². The number of thioether (sulfide) groups is 1. The van der Waals surface area contributed by atoms with E-state index in [9.17, 15) is 14.0 Å². The minimum Gasteiger partial charge on any atom is -0.355 e. The summed E-state index contributed by atoms with van der Waals surface area (Å²) in [6.07, 6.45) is 0. The van der Waals surface area contributed by atoms with Crippen molar-refractivity contribution >= 4 is 29.3 Å². The second kappa shape index (κ2) is 8.33. The van der Waals surface area contributed by atoms with E-state index in [1.807, 2.05) is 0 Å². The van der Waals surface area contributed by atoms with E-state index >= 15 is 0 Å². The lowest BCUT2D eigenvalue weighted by Gasteiger charge is -2.07. The molecule has 0 fully saturated rings. The monoisotopic (exact) mass is 332 g/mol. The van der Waals surface area contributed by atoms with Gasteiger partial charge in [0.05, 0.1) is 5.75 Å². The maximum atomic E-state index is 13.5. The predicted octanol–water partition coefficient (Wildman–Crippen LogP) is 3.06. The highest BCUT2D eigenvalue weighted by molar-refractivity contribution is 7.99. The molecule has 2 amide bonds. The molecule has 0 saturated heterocycles. The quantitative estimate of drug-likeness (QED) is 0.855. The zero-order valence-electron chi connectivity index (χ0n) is 12.6. The van der Waals surface area contributed by atoms with Crippen molar-refractivity contribution < 1.29 is 14.0 Å². The van der Waals surface area contributed by atoms with Gasteiger partial charge in [0.1, 0.15) is 5.82 Å². The number of hydrogen-bond acceptors (Lipinski definition) is 3. The van der Waals surface area contributed by atoms with Crippen molar-refractivity contribution in [2.24, 2.45) is 0 Å². The van der Waals surface area contributed by atoms with Crippen LogP contribution < -0.4 is 10.6 Å². The highest BCUT2D eigenvalue weighted by atomic mass is 32.2. The third-order valence-corrected chi connectivity index (χ3v) is 4.07. The van der Waals surface area contributed by atoms with Gasteiger partial charge in [0.2, 0.25) is 5.91 Å². The Morgan fingerprint density at radius 1 is 1.13 bits per heavy atom. The number of nitrogens with one attached hydrogen (secondary N) is 2. The SMILES string of the molecule is CNC(=O)c1cccc(NC(=O)CSCc2ccccc2F)c1. The van der Waals surface area contributed by atoms with Gasteiger partial charge in [0, 0.05) is 24.1 Å². The first-order valence-electron chi connectivity index (χ1n) is 7.03. The number of hydrogen-bond donors (Lipinski definition) is 2. The standard InChI is InChI=1S/C17H17FN2O2S/c1-19-17(22)12-6-4-7-14(9-12)20-16(21)11-23-10-13-5-2-3-8-15(13)18/h2-9H,10-11H2,1H3,(H,19,22)(H,20,21). The molecule has 2 N–H and O–H groups in total. The molecule has 0 spiro atoms. The van der Waals surface area contributed by atoms with Crippen LogP contribution in [0.1, 0.15) is 15.9 Å². The zero-order chi connectivity index (χ0) is 16.7. The van der Waals surface area contributed by atoms with Crippen LogP contribution in [0.15, 0.2) is 48.5 Å². The molecule has 2 aromatic carbocycles. The number of carbonyl (C=O) groups excluding carboxylic acids is 2. The molecule has 0 aliphatic carbocycles. The zero-order valence-corrected chi connectivity index (χ0v) is 13.5. The van der Waals surface area contributed by atoms with Gasteiger partial charge in [-0.1, -0.05) is 24.3 Å². The molecule has 2 rings (SSSR count). The van der Waals surface area contributed by atoms with E-state index in [0.29, 0.717) is 22.6 Å². The van der Waals surface area contributed by atoms with Crippen LogP contribution in [0.2, 0.25) is 0 Å². The lowest BCUT2D eigenvalue weighted by atomic mass is 10.2. The Bertz CT molecular complexity index is 706. The Morgan fingerprint density at radius 2 is 1.91 bits per heavy atom. The average molecular weight is 332 g/mol. The van der Waals surface area contributed by atoms with E-state index in [1.165, 1.54) is 17.8 Å².